The van der Waals surface area contributed by atoms with E-state index in [0.717, 1.165) is 5.56 Å². The average Bonchev–Trinajstić information content (AvgIpc) is 2.55. The van der Waals surface area contributed by atoms with Gasteiger partial charge in [0.2, 0.25) is 0 Å². The van der Waals surface area contributed by atoms with Gasteiger partial charge in [0, 0.05) is 0 Å². The summed E-state index contributed by atoms with van der Waals surface area (Å²) in [5.74, 6) is -0.544. The second-order valence-corrected chi connectivity index (χ2v) is 2.93. The molecule has 1 aromatic rings. The molecular formula is C10H11NaO2. The number of benzene rings is 1. The van der Waals surface area contributed by atoms with Gasteiger partial charge < -0.3 is 9.47 Å². The van der Waals surface area contributed by atoms with Crippen molar-refractivity contribution in [1.82, 2.24) is 0 Å². The first-order valence-corrected chi connectivity index (χ1v) is 4.06. The van der Waals surface area contributed by atoms with E-state index in [1.54, 1.807) is 0 Å². The van der Waals surface area contributed by atoms with Crippen molar-refractivity contribution in [2.75, 3.05) is 13.2 Å². The Morgan fingerprint density at radius 1 is 1.38 bits per heavy atom. The van der Waals surface area contributed by atoms with Crippen molar-refractivity contribution < 1.29 is 39.0 Å². The first-order chi connectivity index (χ1) is 5.81. The molecule has 1 aliphatic heterocycles. The molecule has 0 aromatic heterocycles. The third kappa shape index (κ3) is 2.33. The van der Waals surface area contributed by atoms with Gasteiger partial charge in [-0.05, 0) is 6.92 Å². The molecule has 13 heavy (non-hydrogen) atoms. The minimum absolute atomic E-state index is 0. The van der Waals surface area contributed by atoms with Crippen LogP contribution in [0.1, 0.15) is 12.5 Å². The zero-order valence-electron chi connectivity index (χ0n) is 8.04. The predicted octanol–water partition coefficient (Wildman–Crippen LogP) is -1.29. The summed E-state index contributed by atoms with van der Waals surface area (Å²) in [5.41, 5.74) is 1.03. The molecule has 1 aromatic carbocycles. The van der Waals surface area contributed by atoms with Gasteiger partial charge in [0.05, 0.1) is 13.2 Å². The summed E-state index contributed by atoms with van der Waals surface area (Å²) in [6, 6.07) is 10.7. The summed E-state index contributed by atoms with van der Waals surface area (Å²) in [4.78, 5) is 0. The molecule has 0 N–H and O–H groups in total. The van der Waals surface area contributed by atoms with E-state index in [-0.39, 0.29) is 29.6 Å². The predicted molar refractivity (Wildman–Crippen MR) is 44.5 cm³/mol. The molecule has 2 nitrogen and oxygen atoms in total. The molecule has 1 saturated heterocycles. The standard InChI is InChI=1S/C10H11O2.Na/c1-10(11-7-8-12-10)9-5-3-2-4-6-9;/h2-3,5-6H,7-8H2,1H3;/q-1;+1. The maximum absolute atomic E-state index is 5.48. The summed E-state index contributed by atoms with van der Waals surface area (Å²) < 4.78 is 11.0. The van der Waals surface area contributed by atoms with E-state index < -0.39 is 5.79 Å². The molecule has 0 saturated carbocycles. The molecular weight excluding hydrogens is 175 g/mol. The summed E-state index contributed by atoms with van der Waals surface area (Å²) in [6.45, 7) is 3.28. The van der Waals surface area contributed by atoms with Crippen LogP contribution in [0.2, 0.25) is 0 Å². The first kappa shape index (κ1) is 11.2. The minimum atomic E-state index is -0.544. The largest absolute Gasteiger partial charge is 1.00 e. The number of ether oxygens (including phenoxy) is 2. The summed E-state index contributed by atoms with van der Waals surface area (Å²) >= 11 is 0. The van der Waals surface area contributed by atoms with Crippen LogP contribution in [0.15, 0.2) is 24.3 Å². The maximum atomic E-state index is 5.48. The van der Waals surface area contributed by atoms with Crippen LogP contribution in [0, 0.1) is 6.07 Å². The molecule has 1 aliphatic rings. The van der Waals surface area contributed by atoms with E-state index in [9.17, 15) is 0 Å². The van der Waals surface area contributed by atoms with Gasteiger partial charge in [-0.1, -0.05) is 5.56 Å². The van der Waals surface area contributed by atoms with Crippen LogP contribution in [0.25, 0.3) is 0 Å². The first-order valence-electron chi connectivity index (χ1n) is 4.06. The summed E-state index contributed by atoms with van der Waals surface area (Å²) in [5, 5.41) is 0. The fourth-order valence-electron chi connectivity index (χ4n) is 1.36. The van der Waals surface area contributed by atoms with Crippen LogP contribution < -0.4 is 29.6 Å². The summed E-state index contributed by atoms with van der Waals surface area (Å²) in [7, 11) is 0. The average molecular weight is 186 g/mol. The van der Waals surface area contributed by atoms with Gasteiger partial charge in [0.1, 0.15) is 5.79 Å². The van der Waals surface area contributed by atoms with E-state index in [4.69, 9.17) is 9.47 Å². The van der Waals surface area contributed by atoms with Gasteiger partial charge in [-0.2, -0.15) is 30.3 Å². The molecule has 0 spiro atoms. The number of hydrogen-bond acceptors (Lipinski definition) is 2. The molecule has 2 rings (SSSR count). The molecule has 0 amide bonds. The van der Waals surface area contributed by atoms with E-state index in [1.165, 1.54) is 0 Å². The minimum Gasteiger partial charge on any atom is -0.354 e. The van der Waals surface area contributed by atoms with E-state index in [1.807, 2.05) is 31.2 Å². The second-order valence-electron chi connectivity index (χ2n) is 2.93. The zero-order chi connectivity index (χ0) is 8.44. The molecule has 0 unspecified atom stereocenters. The van der Waals surface area contributed by atoms with Crippen molar-refractivity contribution in [3.05, 3.63) is 35.9 Å². The second kappa shape index (κ2) is 4.58. The Hall–Kier alpha value is 0.140. The zero-order valence-corrected chi connectivity index (χ0v) is 10.0. The molecule has 0 atom stereocenters. The fourth-order valence-corrected chi connectivity index (χ4v) is 1.36. The Morgan fingerprint density at radius 3 is 2.62 bits per heavy atom. The van der Waals surface area contributed by atoms with Crippen LogP contribution >= 0.6 is 0 Å². The van der Waals surface area contributed by atoms with Crippen molar-refractivity contribution in [2.24, 2.45) is 0 Å². The Balaban J connectivity index is 0.000000845. The normalized spacial score (nSPS) is 19.5. The fraction of sp³-hybridized carbons (Fsp3) is 0.400. The van der Waals surface area contributed by atoms with Crippen LogP contribution in [0.3, 0.4) is 0 Å². The van der Waals surface area contributed by atoms with E-state index >= 15 is 0 Å². The van der Waals surface area contributed by atoms with Crippen LogP contribution in [-0.4, -0.2) is 13.2 Å². The Bertz CT molecular complexity index is 255. The van der Waals surface area contributed by atoms with Gasteiger partial charge in [-0.15, -0.1) is 0 Å². The molecule has 1 fully saturated rings. The topological polar surface area (TPSA) is 18.5 Å². The molecule has 0 bridgehead atoms. The molecule has 3 heteroatoms. The van der Waals surface area contributed by atoms with Gasteiger partial charge in [0.15, 0.2) is 0 Å². The maximum Gasteiger partial charge on any atom is 1.00 e. The Morgan fingerprint density at radius 2 is 2.08 bits per heavy atom. The Labute approximate surface area is 101 Å². The SMILES string of the molecule is CC1(c2c[c-]ccc2)OCCO1.[Na+]. The van der Waals surface area contributed by atoms with E-state index in [0.29, 0.717) is 13.2 Å². The number of rotatable bonds is 1. The van der Waals surface area contributed by atoms with Gasteiger partial charge >= 0.3 is 29.6 Å². The van der Waals surface area contributed by atoms with Crippen LogP contribution in [0.4, 0.5) is 0 Å². The van der Waals surface area contributed by atoms with Gasteiger partial charge in [0.25, 0.3) is 0 Å². The van der Waals surface area contributed by atoms with Crippen LogP contribution in [-0.2, 0) is 15.3 Å². The van der Waals surface area contributed by atoms with Crippen molar-refractivity contribution in [3.63, 3.8) is 0 Å². The third-order valence-corrected chi connectivity index (χ3v) is 2.07. The monoisotopic (exact) mass is 186 g/mol. The van der Waals surface area contributed by atoms with Crippen molar-refractivity contribution >= 4 is 0 Å². The molecule has 64 valence electrons. The quantitative estimate of drug-likeness (QED) is 0.401. The third-order valence-electron chi connectivity index (χ3n) is 2.07. The molecule has 0 aliphatic carbocycles. The van der Waals surface area contributed by atoms with Crippen molar-refractivity contribution in [1.29, 1.82) is 0 Å². The summed E-state index contributed by atoms with van der Waals surface area (Å²) in [6.07, 6.45) is 0. The van der Waals surface area contributed by atoms with Crippen LogP contribution in [0.5, 0.6) is 0 Å². The smallest absolute Gasteiger partial charge is 0.354 e. The van der Waals surface area contributed by atoms with Gasteiger partial charge in [-0.25, -0.2) is 0 Å². The molecule has 1 heterocycles. The number of hydrogen-bond donors (Lipinski definition) is 0. The van der Waals surface area contributed by atoms with Gasteiger partial charge in [-0.3, -0.25) is 0 Å². The molecule has 0 radical (unpaired) electrons. The van der Waals surface area contributed by atoms with Crippen molar-refractivity contribution in [3.8, 4) is 0 Å². The van der Waals surface area contributed by atoms with Crippen molar-refractivity contribution in [2.45, 2.75) is 12.7 Å². The van der Waals surface area contributed by atoms with E-state index in [2.05, 4.69) is 6.07 Å². The Kier molecular flexibility index (Phi) is 3.95.